The molecule has 0 heterocycles. The summed E-state index contributed by atoms with van der Waals surface area (Å²) in [7, 11) is 5.16. The number of hydrogen-bond acceptors (Lipinski definition) is 3. The Morgan fingerprint density at radius 3 is 2.29 bits per heavy atom. The summed E-state index contributed by atoms with van der Waals surface area (Å²) in [5, 5.41) is 5.21. The fourth-order valence-corrected chi connectivity index (χ4v) is 1.56. The highest BCUT2D eigenvalue weighted by Gasteiger charge is 1.97. The first-order valence-electron chi connectivity index (χ1n) is 7.87. The Labute approximate surface area is 144 Å². The maximum Gasteiger partial charge on any atom is 0.434 e. The molecule has 1 aromatic carbocycles. The minimum atomic E-state index is -0.545. The molecular formula is C17H28N4O3. The Hall–Kier alpha value is -2.57. The van der Waals surface area contributed by atoms with Gasteiger partial charge in [0.1, 0.15) is 0 Å². The van der Waals surface area contributed by atoms with Gasteiger partial charge in [0, 0.05) is 26.8 Å². The molecule has 7 heteroatoms. The predicted octanol–water partition coefficient (Wildman–Crippen LogP) is 3.12. The third-order valence-corrected chi connectivity index (χ3v) is 2.64. The number of ether oxygens (including phenoxy) is 1. The zero-order valence-corrected chi connectivity index (χ0v) is 15.1. The van der Waals surface area contributed by atoms with E-state index in [0.29, 0.717) is 6.61 Å². The number of nitrogens with one attached hydrogen (secondary N) is 2. The molecule has 0 aliphatic carbocycles. The number of nitrogens with zero attached hydrogens (tertiary/aromatic N) is 2. The van der Waals surface area contributed by atoms with Crippen molar-refractivity contribution in [1.29, 1.82) is 0 Å². The number of aliphatic imine (C=N–C) groups is 1. The topological polar surface area (TPSA) is 83.0 Å². The van der Waals surface area contributed by atoms with Crippen LogP contribution in [0.5, 0.6) is 0 Å². The number of carbonyl (C=O) groups excluding carboxylic acids is 2. The van der Waals surface area contributed by atoms with E-state index < -0.39 is 6.09 Å². The van der Waals surface area contributed by atoms with Gasteiger partial charge in [0.05, 0.1) is 12.9 Å². The monoisotopic (exact) mass is 336 g/mol. The van der Waals surface area contributed by atoms with Crippen molar-refractivity contribution in [2.24, 2.45) is 4.99 Å². The zero-order valence-electron chi connectivity index (χ0n) is 15.1. The van der Waals surface area contributed by atoms with E-state index in [2.05, 4.69) is 27.3 Å². The van der Waals surface area contributed by atoms with Crippen LogP contribution in [0.15, 0.2) is 29.3 Å². The van der Waals surface area contributed by atoms with Crippen LogP contribution in [0.25, 0.3) is 0 Å². The van der Waals surface area contributed by atoms with Crippen LogP contribution in [0.4, 0.5) is 15.3 Å². The maximum atomic E-state index is 11.0. The lowest BCUT2D eigenvalue weighted by Crippen LogP contribution is -2.24. The number of aryl methyl sites for hydroxylation is 1. The lowest BCUT2D eigenvalue weighted by atomic mass is 10.1. The average molecular weight is 336 g/mol. The smallest absolute Gasteiger partial charge is 0.434 e. The Morgan fingerprint density at radius 1 is 1.21 bits per heavy atom. The van der Waals surface area contributed by atoms with Crippen LogP contribution in [0.3, 0.4) is 0 Å². The molecule has 0 atom stereocenters. The highest BCUT2D eigenvalue weighted by molar-refractivity contribution is 5.88. The van der Waals surface area contributed by atoms with Gasteiger partial charge in [-0.3, -0.25) is 0 Å². The van der Waals surface area contributed by atoms with Gasteiger partial charge in [-0.15, -0.1) is 0 Å². The third kappa shape index (κ3) is 11.1. The molecule has 0 fully saturated rings. The van der Waals surface area contributed by atoms with Crippen LogP contribution in [0, 0.1) is 0 Å². The van der Waals surface area contributed by atoms with Crippen molar-refractivity contribution in [2.45, 2.75) is 26.7 Å². The number of anilines is 1. The van der Waals surface area contributed by atoms with Gasteiger partial charge in [-0.2, -0.15) is 4.99 Å². The molecule has 3 amide bonds. The van der Waals surface area contributed by atoms with Crippen LogP contribution < -0.4 is 10.6 Å². The molecule has 0 aromatic heterocycles. The van der Waals surface area contributed by atoms with E-state index in [-0.39, 0.29) is 6.03 Å². The molecule has 0 saturated carbocycles. The fraction of sp³-hybridized carbons (Fsp3) is 0.471. The van der Waals surface area contributed by atoms with Gasteiger partial charge in [-0.1, -0.05) is 25.5 Å². The summed E-state index contributed by atoms with van der Waals surface area (Å²) in [6.45, 7) is 4.25. The van der Waals surface area contributed by atoms with Crippen LogP contribution in [0.2, 0.25) is 0 Å². The average Bonchev–Trinajstić information content (AvgIpc) is 2.56. The van der Waals surface area contributed by atoms with Crippen molar-refractivity contribution in [3.63, 3.8) is 0 Å². The number of hydrogen-bond donors (Lipinski definition) is 2. The normalized spacial score (nSPS) is 9.71. The summed E-state index contributed by atoms with van der Waals surface area (Å²) in [4.78, 5) is 26.6. The van der Waals surface area contributed by atoms with E-state index in [9.17, 15) is 9.59 Å². The SMILES string of the molecule is CCCc1ccc(NC(=O)NC)cc1.CCOC(=O)N=CN(C)C. The predicted molar refractivity (Wildman–Crippen MR) is 97.7 cm³/mol. The van der Waals surface area contributed by atoms with Gasteiger partial charge in [0.2, 0.25) is 0 Å². The standard InChI is InChI=1S/C11H16N2O.C6H12N2O2/c1-3-4-9-5-7-10(8-6-9)13-11(14)12-2;1-4-10-6(9)7-5-8(2)3/h5-8H,3-4H2,1-2H3,(H2,12,13,14);5H,4H2,1-3H3. The number of rotatable bonds is 5. The largest absolute Gasteiger partial charge is 0.448 e. The van der Waals surface area contributed by atoms with Crippen LogP contribution in [0.1, 0.15) is 25.8 Å². The van der Waals surface area contributed by atoms with E-state index >= 15 is 0 Å². The molecule has 24 heavy (non-hydrogen) atoms. The molecule has 0 radical (unpaired) electrons. The first kappa shape index (κ1) is 21.4. The Balaban J connectivity index is 0.000000470. The van der Waals surface area contributed by atoms with Gasteiger partial charge in [0.25, 0.3) is 0 Å². The van der Waals surface area contributed by atoms with Gasteiger partial charge in [0.15, 0.2) is 0 Å². The highest BCUT2D eigenvalue weighted by atomic mass is 16.5. The van der Waals surface area contributed by atoms with Gasteiger partial charge < -0.3 is 20.3 Å². The van der Waals surface area contributed by atoms with Crippen molar-refractivity contribution in [3.05, 3.63) is 29.8 Å². The number of amides is 3. The second-order valence-electron chi connectivity index (χ2n) is 5.06. The van der Waals surface area contributed by atoms with Crippen LogP contribution in [-0.2, 0) is 11.2 Å². The second-order valence-corrected chi connectivity index (χ2v) is 5.06. The lowest BCUT2D eigenvalue weighted by molar-refractivity contribution is 0.163. The molecule has 2 N–H and O–H groups in total. The first-order chi connectivity index (χ1) is 11.4. The fourth-order valence-electron chi connectivity index (χ4n) is 1.56. The summed E-state index contributed by atoms with van der Waals surface area (Å²) in [6, 6.07) is 7.72. The third-order valence-electron chi connectivity index (χ3n) is 2.64. The Kier molecular flexibility index (Phi) is 11.5. The lowest BCUT2D eigenvalue weighted by Gasteiger charge is -2.05. The second kappa shape index (κ2) is 12.9. The van der Waals surface area contributed by atoms with Crippen molar-refractivity contribution in [1.82, 2.24) is 10.2 Å². The van der Waals surface area contributed by atoms with Crippen LogP contribution in [-0.4, -0.2) is 51.1 Å². The number of urea groups is 1. The molecular weight excluding hydrogens is 308 g/mol. The first-order valence-corrected chi connectivity index (χ1v) is 7.87. The molecule has 0 spiro atoms. The van der Waals surface area contributed by atoms with E-state index in [0.717, 1.165) is 18.5 Å². The van der Waals surface area contributed by atoms with Crippen molar-refractivity contribution in [3.8, 4) is 0 Å². The van der Waals surface area contributed by atoms with E-state index in [4.69, 9.17) is 0 Å². The molecule has 1 aromatic rings. The van der Waals surface area contributed by atoms with Gasteiger partial charge in [-0.25, -0.2) is 9.59 Å². The van der Waals surface area contributed by atoms with Crippen molar-refractivity contribution in [2.75, 3.05) is 33.1 Å². The summed E-state index contributed by atoms with van der Waals surface area (Å²) >= 11 is 0. The molecule has 0 unspecified atom stereocenters. The quantitative estimate of drug-likeness (QED) is 0.639. The molecule has 0 bridgehead atoms. The molecule has 0 aliphatic rings. The van der Waals surface area contributed by atoms with Crippen LogP contribution >= 0.6 is 0 Å². The number of carbonyl (C=O) groups is 2. The summed E-state index contributed by atoms with van der Waals surface area (Å²) < 4.78 is 4.53. The molecule has 0 aliphatic heterocycles. The molecule has 1 rings (SSSR count). The Morgan fingerprint density at radius 2 is 1.83 bits per heavy atom. The molecule has 134 valence electrons. The zero-order chi connectivity index (χ0) is 18.4. The van der Waals surface area contributed by atoms with Crippen molar-refractivity contribution < 1.29 is 14.3 Å². The van der Waals surface area contributed by atoms with E-state index in [1.165, 1.54) is 11.9 Å². The Bertz CT molecular complexity index is 513. The summed E-state index contributed by atoms with van der Waals surface area (Å²) in [5.41, 5.74) is 2.12. The summed E-state index contributed by atoms with van der Waals surface area (Å²) in [6.07, 6.45) is 3.08. The minimum Gasteiger partial charge on any atom is -0.448 e. The van der Waals surface area contributed by atoms with E-state index in [1.807, 2.05) is 24.3 Å². The molecule has 7 nitrogen and oxygen atoms in total. The van der Waals surface area contributed by atoms with Gasteiger partial charge >= 0.3 is 12.1 Å². The minimum absolute atomic E-state index is 0.187. The summed E-state index contributed by atoms with van der Waals surface area (Å²) in [5.74, 6) is 0. The maximum absolute atomic E-state index is 11.0. The highest BCUT2D eigenvalue weighted by Crippen LogP contribution is 2.10. The number of benzene rings is 1. The van der Waals surface area contributed by atoms with E-state index in [1.54, 1.807) is 33.0 Å². The van der Waals surface area contributed by atoms with Crippen molar-refractivity contribution >= 4 is 24.2 Å². The van der Waals surface area contributed by atoms with Gasteiger partial charge in [-0.05, 0) is 31.0 Å². The molecule has 0 saturated heterocycles.